The number of aryl methyl sites for hydroxylation is 1. The van der Waals surface area contributed by atoms with E-state index in [0.717, 1.165) is 36.5 Å². The van der Waals surface area contributed by atoms with Crippen LogP contribution in [0.25, 0.3) is 0 Å². The number of hydrogen-bond donors (Lipinski definition) is 1. The van der Waals surface area contributed by atoms with E-state index in [-0.39, 0.29) is 6.10 Å². The zero-order valence-electron chi connectivity index (χ0n) is 12.1. The molecule has 0 bridgehead atoms. The van der Waals surface area contributed by atoms with Crippen LogP contribution >= 0.6 is 11.3 Å². The van der Waals surface area contributed by atoms with Gasteiger partial charge in [-0.25, -0.2) is 4.98 Å². The molecule has 0 radical (unpaired) electrons. The Kier molecular flexibility index (Phi) is 5.71. The van der Waals surface area contributed by atoms with Crippen LogP contribution in [0.1, 0.15) is 28.8 Å². The van der Waals surface area contributed by atoms with Crippen molar-refractivity contribution in [2.24, 2.45) is 0 Å². The van der Waals surface area contributed by atoms with Crippen LogP contribution in [0.4, 0.5) is 0 Å². The lowest BCUT2D eigenvalue weighted by Gasteiger charge is -2.18. The molecule has 1 heterocycles. The number of likely N-dealkylation sites (N-methyl/N-ethyl adjacent to an activating group) is 1. The van der Waals surface area contributed by atoms with Crippen molar-refractivity contribution >= 4 is 11.3 Å². The van der Waals surface area contributed by atoms with Crippen molar-refractivity contribution in [2.75, 3.05) is 20.1 Å². The number of rotatable bonds is 7. The van der Waals surface area contributed by atoms with E-state index >= 15 is 0 Å². The Morgan fingerprint density at radius 3 is 2.65 bits per heavy atom. The van der Waals surface area contributed by atoms with Crippen LogP contribution in [0.3, 0.4) is 0 Å². The van der Waals surface area contributed by atoms with E-state index < -0.39 is 0 Å². The molecule has 1 aromatic heterocycles. The molecule has 3 nitrogen and oxygen atoms in total. The van der Waals surface area contributed by atoms with Gasteiger partial charge in [0.2, 0.25) is 0 Å². The second-order valence-corrected chi connectivity index (χ2v) is 6.19. The van der Waals surface area contributed by atoms with Crippen LogP contribution in [-0.4, -0.2) is 35.1 Å². The van der Waals surface area contributed by atoms with Gasteiger partial charge in [-0.05, 0) is 26.0 Å². The maximum absolute atomic E-state index is 10.1. The fourth-order valence-electron chi connectivity index (χ4n) is 2.12. The quantitative estimate of drug-likeness (QED) is 0.851. The largest absolute Gasteiger partial charge is 0.388 e. The molecule has 1 N–H and O–H groups in total. The molecule has 1 aromatic carbocycles. The summed E-state index contributed by atoms with van der Waals surface area (Å²) >= 11 is 1.70. The number of hydrogen-bond acceptors (Lipinski definition) is 4. The van der Waals surface area contributed by atoms with Crippen LogP contribution in [-0.2, 0) is 6.42 Å². The van der Waals surface area contributed by atoms with Gasteiger partial charge in [0, 0.05) is 24.9 Å². The number of nitrogens with zero attached hydrogens (tertiary/aromatic N) is 2. The summed E-state index contributed by atoms with van der Waals surface area (Å²) in [7, 11) is 2.09. The highest BCUT2D eigenvalue weighted by Gasteiger charge is 2.09. The Hall–Kier alpha value is -1.23. The molecule has 108 valence electrons. The van der Waals surface area contributed by atoms with Crippen molar-refractivity contribution in [3.05, 3.63) is 52.0 Å². The van der Waals surface area contributed by atoms with Gasteiger partial charge >= 0.3 is 0 Å². The van der Waals surface area contributed by atoms with Gasteiger partial charge in [-0.2, -0.15) is 0 Å². The van der Waals surface area contributed by atoms with E-state index in [0.29, 0.717) is 0 Å². The predicted molar refractivity (Wildman–Crippen MR) is 84.1 cm³/mol. The summed E-state index contributed by atoms with van der Waals surface area (Å²) in [5.74, 6) is 0. The van der Waals surface area contributed by atoms with Gasteiger partial charge in [0.05, 0.1) is 16.8 Å². The lowest BCUT2D eigenvalue weighted by atomic mass is 10.1. The molecular formula is C16H22N2OS. The van der Waals surface area contributed by atoms with Crippen molar-refractivity contribution in [1.82, 2.24) is 9.88 Å². The molecule has 4 heteroatoms. The maximum atomic E-state index is 10.1. The number of benzene rings is 1. The Morgan fingerprint density at radius 2 is 2.00 bits per heavy atom. The maximum Gasteiger partial charge on any atom is 0.0897 e. The van der Waals surface area contributed by atoms with Gasteiger partial charge in [-0.1, -0.05) is 30.3 Å². The molecule has 0 aliphatic rings. The SMILES string of the molecule is Cc1nc(CCN(C)CC[C@H](O)c2ccccc2)cs1. The molecular weight excluding hydrogens is 268 g/mol. The van der Waals surface area contributed by atoms with Gasteiger partial charge in [-0.15, -0.1) is 11.3 Å². The smallest absolute Gasteiger partial charge is 0.0897 e. The lowest BCUT2D eigenvalue weighted by molar-refractivity contribution is 0.149. The minimum atomic E-state index is -0.375. The molecule has 0 aliphatic carbocycles. The second-order valence-electron chi connectivity index (χ2n) is 5.13. The summed E-state index contributed by atoms with van der Waals surface area (Å²) in [6, 6.07) is 9.85. The Bertz CT molecular complexity index is 512. The zero-order chi connectivity index (χ0) is 14.4. The highest BCUT2D eigenvalue weighted by Crippen LogP contribution is 2.16. The van der Waals surface area contributed by atoms with Crippen LogP contribution in [0.5, 0.6) is 0 Å². The topological polar surface area (TPSA) is 36.4 Å². The average Bonchev–Trinajstić information content (AvgIpc) is 2.89. The molecule has 0 saturated carbocycles. The van der Waals surface area contributed by atoms with E-state index in [2.05, 4.69) is 22.3 Å². The first-order valence-electron chi connectivity index (χ1n) is 6.97. The second kappa shape index (κ2) is 7.53. The van der Waals surface area contributed by atoms with E-state index in [1.807, 2.05) is 37.3 Å². The Balaban J connectivity index is 1.71. The number of thiazole rings is 1. The molecule has 0 unspecified atom stereocenters. The first kappa shape index (κ1) is 15.2. The molecule has 0 spiro atoms. The van der Waals surface area contributed by atoms with E-state index in [1.165, 1.54) is 5.69 Å². The standard InChI is InChI=1S/C16H22N2OS/c1-13-17-15(12-20-13)8-10-18(2)11-9-16(19)14-6-4-3-5-7-14/h3-7,12,16,19H,8-11H2,1-2H3/t16-/m0/s1. The van der Waals surface area contributed by atoms with Crippen molar-refractivity contribution in [1.29, 1.82) is 0 Å². The van der Waals surface area contributed by atoms with Crippen molar-refractivity contribution in [3.63, 3.8) is 0 Å². The third-order valence-electron chi connectivity index (χ3n) is 3.38. The first-order chi connectivity index (χ1) is 9.65. The molecule has 0 amide bonds. The molecule has 1 atom stereocenters. The van der Waals surface area contributed by atoms with Gasteiger partial charge in [0.25, 0.3) is 0 Å². The summed E-state index contributed by atoms with van der Waals surface area (Å²) in [5, 5.41) is 13.4. The normalized spacial score (nSPS) is 12.8. The summed E-state index contributed by atoms with van der Waals surface area (Å²) in [5.41, 5.74) is 2.17. The minimum Gasteiger partial charge on any atom is -0.388 e. The molecule has 2 aromatic rings. The van der Waals surface area contributed by atoms with Crippen molar-refractivity contribution in [3.8, 4) is 0 Å². The van der Waals surface area contributed by atoms with Gasteiger partial charge in [0.15, 0.2) is 0 Å². The minimum absolute atomic E-state index is 0.375. The monoisotopic (exact) mass is 290 g/mol. The third kappa shape index (κ3) is 4.71. The Labute approximate surface area is 124 Å². The molecule has 2 rings (SSSR count). The predicted octanol–water partition coefficient (Wildman–Crippen LogP) is 3.05. The van der Waals surface area contributed by atoms with Crippen LogP contribution in [0.2, 0.25) is 0 Å². The third-order valence-corrected chi connectivity index (χ3v) is 4.21. The van der Waals surface area contributed by atoms with Gasteiger partial charge in [-0.3, -0.25) is 0 Å². The molecule has 0 aliphatic heterocycles. The summed E-state index contributed by atoms with van der Waals surface area (Å²) in [4.78, 5) is 6.72. The summed E-state index contributed by atoms with van der Waals surface area (Å²) in [6.07, 6.45) is 1.36. The zero-order valence-corrected chi connectivity index (χ0v) is 12.9. The van der Waals surface area contributed by atoms with Crippen LogP contribution in [0, 0.1) is 6.92 Å². The van der Waals surface area contributed by atoms with E-state index in [1.54, 1.807) is 11.3 Å². The lowest BCUT2D eigenvalue weighted by Crippen LogP contribution is -2.24. The van der Waals surface area contributed by atoms with Gasteiger partial charge < -0.3 is 10.0 Å². The first-order valence-corrected chi connectivity index (χ1v) is 7.85. The van der Waals surface area contributed by atoms with Crippen molar-refractivity contribution in [2.45, 2.75) is 25.9 Å². The number of aliphatic hydroxyl groups excluding tert-OH is 1. The van der Waals surface area contributed by atoms with Crippen molar-refractivity contribution < 1.29 is 5.11 Å². The van der Waals surface area contributed by atoms with E-state index in [4.69, 9.17) is 0 Å². The summed E-state index contributed by atoms with van der Waals surface area (Å²) < 4.78 is 0. The Morgan fingerprint density at radius 1 is 1.25 bits per heavy atom. The molecule has 20 heavy (non-hydrogen) atoms. The fourth-order valence-corrected chi connectivity index (χ4v) is 2.77. The van der Waals surface area contributed by atoms with Crippen LogP contribution in [0.15, 0.2) is 35.7 Å². The highest BCUT2D eigenvalue weighted by atomic mass is 32.1. The van der Waals surface area contributed by atoms with Crippen LogP contribution < -0.4 is 0 Å². The highest BCUT2D eigenvalue weighted by molar-refractivity contribution is 7.09. The number of aliphatic hydroxyl groups is 1. The van der Waals surface area contributed by atoms with E-state index in [9.17, 15) is 5.11 Å². The summed E-state index contributed by atoms with van der Waals surface area (Å²) in [6.45, 7) is 3.90. The van der Waals surface area contributed by atoms with Gasteiger partial charge in [0.1, 0.15) is 0 Å². The average molecular weight is 290 g/mol. The number of aromatic nitrogens is 1. The fraction of sp³-hybridized carbons (Fsp3) is 0.438. The molecule has 0 fully saturated rings. The molecule has 0 saturated heterocycles.